The van der Waals surface area contributed by atoms with Gasteiger partial charge < -0.3 is 20.2 Å². The highest BCUT2D eigenvalue weighted by Gasteiger charge is 2.19. The lowest BCUT2D eigenvalue weighted by molar-refractivity contribution is -0.138. The summed E-state index contributed by atoms with van der Waals surface area (Å²) in [5.41, 5.74) is 0.390. The standard InChI is InChI=1S/C14H20N2O5/c1-9(2)11(7-13(18)19)16-12(17)3-5-15-14(20)10-4-6-21-8-10/h4,6,8-9,11H,3,5,7H2,1-2H3,(H,15,20)(H,16,17)(H,18,19). The van der Waals surface area contributed by atoms with Crippen molar-refractivity contribution >= 4 is 17.8 Å². The molecule has 0 fully saturated rings. The third-order valence-electron chi connectivity index (χ3n) is 2.97. The molecule has 3 N–H and O–H groups in total. The van der Waals surface area contributed by atoms with Crippen molar-refractivity contribution in [1.29, 1.82) is 0 Å². The molecule has 0 bridgehead atoms. The number of hydrogen-bond donors (Lipinski definition) is 3. The van der Waals surface area contributed by atoms with E-state index in [4.69, 9.17) is 9.52 Å². The Morgan fingerprint density at radius 2 is 2.05 bits per heavy atom. The highest BCUT2D eigenvalue weighted by molar-refractivity contribution is 5.94. The van der Waals surface area contributed by atoms with Crippen molar-refractivity contribution in [2.75, 3.05) is 6.54 Å². The SMILES string of the molecule is CC(C)C(CC(=O)O)NC(=O)CCNC(=O)c1ccoc1. The molecule has 1 atom stereocenters. The molecule has 1 heterocycles. The molecule has 0 saturated heterocycles. The van der Waals surface area contributed by atoms with E-state index in [0.29, 0.717) is 5.56 Å². The number of amides is 2. The highest BCUT2D eigenvalue weighted by Crippen LogP contribution is 2.06. The Hall–Kier alpha value is -2.31. The zero-order valence-electron chi connectivity index (χ0n) is 12.1. The first kappa shape index (κ1) is 16.7. The van der Waals surface area contributed by atoms with E-state index < -0.39 is 12.0 Å². The van der Waals surface area contributed by atoms with Crippen LogP contribution < -0.4 is 10.6 Å². The lowest BCUT2D eigenvalue weighted by Crippen LogP contribution is -2.41. The number of carbonyl (C=O) groups excluding carboxylic acids is 2. The largest absolute Gasteiger partial charge is 0.481 e. The lowest BCUT2D eigenvalue weighted by Gasteiger charge is -2.20. The zero-order valence-corrected chi connectivity index (χ0v) is 12.1. The summed E-state index contributed by atoms with van der Waals surface area (Å²) < 4.78 is 4.78. The number of rotatable bonds is 8. The van der Waals surface area contributed by atoms with E-state index in [1.807, 2.05) is 13.8 Å². The van der Waals surface area contributed by atoms with Gasteiger partial charge >= 0.3 is 5.97 Å². The van der Waals surface area contributed by atoms with Gasteiger partial charge in [-0.05, 0) is 12.0 Å². The van der Waals surface area contributed by atoms with Gasteiger partial charge in [-0.1, -0.05) is 13.8 Å². The van der Waals surface area contributed by atoms with Crippen LogP contribution in [0.4, 0.5) is 0 Å². The van der Waals surface area contributed by atoms with Gasteiger partial charge in [-0.3, -0.25) is 14.4 Å². The number of carboxylic acids is 1. The first-order valence-corrected chi connectivity index (χ1v) is 6.71. The molecule has 1 unspecified atom stereocenters. The molecule has 0 aliphatic carbocycles. The molecule has 0 aliphatic heterocycles. The number of carbonyl (C=O) groups is 3. The number of nitrogens with one attached hydrogen (secondary N) is 2. The minimum Gasteiger partial charge on any atom is -0.481 e. The maximum absolute atomic E-state index is 11.7. The number of aliphatic carboxylic acids is 1. The summed E-state index contributed by atoms with van der Waals surface area (Å²) >= 11 is 0. The number of carboxylic acid groups (broad SMARTS) is 1. The van der Waals surface area contributed by atoms with Crippen LogP contribution in [0.2, 0.25) is 0 Å². The van der Waals surface area contributed by atoms with Gasteiger partial charge in [0, 0.05) is 19.0 Å². The Kier molecular flexibility index (Phi) is 6.45. The summed E-state index contributed by atoms with van der Waals surface area (Å²) in [4.78, 5) is 34.0. The molecule has 2 amide bonds. The zero-order chi connectivity index (χ0) is 15.8. The van der Waals surface area contributed by atoms with Gasteiger partial charge in [0.1, 0.15) is 6.26 Å². The second-order valence-corrected chi connectivity index (χ2v) is 5.03. The maximum atomic E-state index is 11.7. The smallest absolute Gasteiger partial charge is 0.305 e. The molecule has 0 radical (unpaired) electrons. The van der Waals surface area contributed by atoms with Crippen LogP contribution in [0.3, 0.4) is 0 Å². The molecular weight excluding hydrogens is 276 g/mol. The summed E-state index contributed by atoms with van der Waals surface area (Å²) in [6.45, 7) is 3.86. The van der Waals surface area contributed by atoms with Crippen molar-refractivity contribution in [3.63, 3.8) is 0 Å². The Labute approximate surface area is 122 Å². The molecule has 1 aromatic rings. The first-order chi connectivity index (χ1) is 9.90. The summed E-state index contributed by atoms with van der Waals surface area (Å²) in [7, 11) is 0. The van der Waals surface area contributed by atoms with Crippen LogP contribution >= 0.6 is 0 Å². The summed E-state index contributed by atoms with van der Waals surface area (Å²) in [5, 5.41) is 14.0. The summed E-state index contributed by atoms with van der Waals surface area (Å²) in [6, 6.07) is 1.11. The van der Waals surface area contributed by atoms with Gasteiger partial charge in [0.25, 0.3) is 5.91 Å². The predicted molar refractivity (Wildman–Crippen MR) is 74.7 cm³/mol. The molecule has 116 valence electrons. The predicted octanol–water partition coefficient (Wildman–Crippen LogP) is 1.02. The van der Waals surface area contributed by atoms with Gasteiger partial charge in [0.05, 0.1) is 18.2 Å². The van der Waals surface area contributed by atoms with E-state index >= 15 is 0 Å². The molecule has 0 aromatic carbocycles. The minimum atomic E-state index is -0.956. The van der Waals surface area contributed by atoms with E-state index in [1.54, 1.807) is 0 Å². The third kappa shape index (κ3) is 6.11. The van der Waals surface area contributed by atoms with Crippen molar-refractivity contribution in [2.24, 2.45) is 5.92 Å². The van der Waals surface area contributed by atoms with Gasteiger partial charge in [-0.25, -0.2) is 0 Å². The molecule has 0 saturated carbocycles. The van der Waals surface area contributed by atoms with E-state index in [1.165, 1.54) is 18.6 Å². The second kappa shape index (κ2) is 8.08. The monoisotopic (exact) mass is 296 g/mol. The highest BCUT2D eigenvalue weighted by atomic mass is 16.4. The molecule has 7 heteroatoms. The third-order valence-corrected chi connectivity index (χ3v) is 2.97. The van der Waals surface area contributed by atoms with E-state index in [-0.39, 0.29) is 37.1 Å². The van der Waals surface area contributed by atoms with Crippen molar-refractivity contribution < 1.29 is 23.9 Å². The number of hydrogen-bond acceptors (Lipinski definition) is 4. The van der Waals surface area contributed by atoms with Crippen LogP contribution in [0.1, 0.15) is 37.0 Å². The van der Waals surface area contributed by atoms with Gasteiger partial charge in [0.2, 0.25) is 5.91 Å². The average molecular weight is 296 g/mol. The molecule has 7 nitrogen and oxygen atoms in total. The molecule has 1 aromatic heterocycles. The van der Waals surface area contributed by atoms with Gasteiger partial charge in [0.15, 0.2) is 0 Å². The Morgan fingerprint density at radius 1 is 1.33 bits per heavy atom. The quantitative estimate of drug-likeness (QED) is 0.663. The maximum Gasteiger partial charge on any atom is 0.305 e. The van der Waals surface area contributed by atoms with Crippen LogP contribution in [0.15, 0.2) is 23.0 Å². The molecule has 0 aliphatic rings. The van der Waals surface area contributed by atoms with E-state index in [9.17, 15) is 14.4 Å². The van der Waals surface area contributed by atoms with Crippen LogP contribution in [0, 0.1) is 5.92 Å². The topological polar surface area (TPSA) is 109 Å². The molecule has 21 heavy (non-hydrogen) atoms. The Bertz CT molecular complexity index is 482. The fraction of sp³-hybridized carbons (Fsp3) is 0.500. The van der Waals surface area contributed by atoms with Crippen molar-refractivity contribution in [2.45, 2.75) is 32.7 Å². The van der Waals surface area contributed by atoms with Crippen molar-refractivity contribution in [3.8, 4) is 0 Å². The average Bonchev–Trinajstić information content (AvgIpc) is 2.91. The number of furan rings is 1. The van der Waals surface area contributed by atoms with Gasteiger partial charge in [-0.15, -0.1) is 0 Å². The molecule has 1 rings (SSSR count). The fourth-order valence-electron chi connectivity index (χ4n) is 1.71. The van der Waals surface area contributed by atoms with Crippen molar-refractivity contribution in [1.82, 2.24) is 10.6 Å². The normalized spacial score (nSPS) is 12.0. The van der Waals surface area contributed by atoms with E-state index in [0.717, 1.165) is 0 Å². The Balaban J connectivity index is 2.32. The molecule has 0 spiro atoms. The summed E-state index contributed by atoms with van der Waals surface area (Å²) in [5.74, 6) is -1.54. The Morgan fingerprint density at radius 3 is 2.57 bits per heavy atom. The minimum absolute atomic E-state index is 0.0190. The van der Waals surface area contributed by atoms with E-state index in [2.05, 4.69) is 10.6 Å². The summed E-state index contributed by atoms with van der Waals surface area (Å²) in [6.07, 6.45) is 2.68. The van der Waals surface area contributed by atoms with Crippen LogP contribution in [0.5, 0.6) is 0 Å². The first-order valence-electron chi connectivity index (χ1n) is 6.71. The molecular formula is C14H20N2O5. The van der Waals surface area contributed by atoms with Crippen LogP contribution in [-0.4, -0.2) is 35.5 Å². The van der Waals surface area contributed by atoms with Crippen LogP contribution in [0.25, 0.3) is 0 Å². The van der Waals surface area contributed by atoms with Gasteiger partial charge in [-0.2, -0.15) is 0 Å². The van der Waals surface area contributed by atoms with Crippen LogP contribution in [-0.2, 0) is 9.59 Å². The lowest BCUT2D eigenvalue weighted by atomic mass is 10.0. The second-order valence-electron chi connectivity index (χ2n) is 5.03. The van der Waals surface area contributed by atoms with Crippen molar-refractivity contribution in [3.05, 3.63) is 24.2 Å². The fourth-order valence-corrected chi connectivity index (χ4v) is 1.71.